The van der Waals surface area contributed by atoms with Crippen LogP contribution in [-0.4, -0.2) is 34.6 Å². The van der Waals surface area contributed by atoms with Gasteiger partial charge in [0.25, 0.3) is 0 Å². The SMILES string of the molecule is Cc1cccc(C=CC(=O)N2CC(O)(C3CC3)C2)c1. The van der Waals surface area contributed by atoms with Crippen LogP contribution in [0.5, 0.6) is 0 Å². The molecule has 19 heavy (non-hydrogen) atoms. The highest BCUT2D eigenvalue weighted by Crippen LogP contribution is 2.44. The minimum atomic E-state index is -0.590. The van der Waals surface area contributed by atoms with E-state index < -0.39 is 5.60 Å². The molecular formula is C16H19NO2. The van der Waals surface area contributed by atoms with Crippen LogP contribution in [-0.2, 0) is 4.79 Å². The topological polar surface area (TPSA) is 40.5 Å². The molecule has 1 heterocycles. The molecule has 100 valence electrons. The summed E-state index contributed by atoms with van der Waals surface area (Å²) in [6.07, 6.45) is 5.65. The second kappa shape index (κ2) is 4.49. The predicted octanol–water partition coefficient (Wildman–Crippen LogP) is 1.99. The minimum absolute atomic E-state index is 0.00756. The fraction of sp³-hybridized carbons (Fsp3) is 0.438. The van der Waals surface area contributed by atoms with Crippen LogP contribution in [0.4, 0.5) is 0 Å². The van der Waals surface area contributed by atoms with Gasteiger partial charge in [0.2, 0.25) is 5.91 Å². The van der Waals surface area contributed by atoms with Crippen molar-refractivity contribution in [3.63, 3.8) is 0 Å². The van der Waals surface area contributed by atoms with Gasteiger partial charge in [-0.05, 0) is 37.3 Å². The van der Waals surface area contributed by atoms with Gasteiger partial charge in [0.05, 0.1) is 13.1 Å². The average Bonchev–Trinajstić information content (AvgIpc) is 3.16. The van der Waals surface area contributed by atoms with E-state index in [1.165, 1.54) is 5.56 Å². The summed E-state index contributed by atoms with van der Waals surface area (Å²) in [4.78, 5) is 13.7. The first-order valence-corrected chi connectivity index (χ1v) is 6.83. The summed E-state index contributed by atoms with van der Waals surface area (Å²) in [5.74, 6) is 0.420. The number of likely N-dealkylation sites (tertiary alicyclic amines) is 1. The van der Waals surface area contributed by atoms with Crippen molar-refractivity contribution in [2.75, 3.05) is 13.1 Å². The molecule has 1 amide bonds. The highest BCUT2D eigenvalue weighted by Gasteiger charge is 2.52. The lowest BCUT2D eigenvalue weighted by atomic mass is 9.88. The standard InChI is InChI=1S/C16H19NO2/c1-12-3-2-4-13(9-12)5-8-15(18)17-10-16(19,11-17)14-6-7-14/h2-5,8-9,14,19H,6-7,10-11H2,1H3. The van der Waals surface area contributed by atoms with Crippen LogP contribution in [0.2, 0.25) is 0 Å². The summed E-state index contributed by atoms with van der Waals surface area (Å²) in [6.45, 7) is 3.02. The Kier molecular flexibility index (Phi) is 2.94. The summed E-state index contributed by atoms with van der Waals surface area (Å²) < 4.78 is 0. The number of β-amino-alcohol motifs (C(OH)–C–C–N with tert-alkyl or cyclic N) is 1. The van der Waals surface area contributed by atoms with Crippen LogP contribution in [0.1, 0.15) is 24.0 Å². The number of aliphatic hydroxyl groups is 1. The Hall–Kier alpha value is -1.61. The zero-order valence-corrected chi connectivity index (χ0v) is 11.2. The van der Waals surface area contributed by atoms with Crippen LogP contribution >= 0.6 is 0 Å². The first-order chi connectivity index (χ1) is 9.07. The van der Waals surface area contributed by atoms with Crippen molar-refractivity contribution in [3.05, 3.63) is 41.5 Å². The van der Waals surface area contributed by atoms with Crippen LogP contribution in [0.15, 0.2) is 30.3 Å². The summed E-state index contributed by atoms with van der Waals surface area (Å²) in [6, 6.07) is 8.03. The highest BCUT2D eigenvalue weighted by molar-refractivity contribution is 5.92. The fourth-order valence-electron chi connectivity index (χ4n) is 2.70. The number of carbonyl (C=O) groups excluding carboxylic acids is 1. The fourth-order valence-corrected chi connectivity index (χ4v) is 2.70. The molecule has 0 aromatic heterocycles. The number of rotatable bonds is 3. The monoisotopic (exact) mass is 257 g/mol. The van der Waals surface area contributed by atoms with E-state index in [0.717, 1.165) is 18.4 Å². The van der Waals surface area contributed by atoms with Gasteiger partial charge in [-0.25, -0.2) is 0 Å². The number of nitrogens with zero attached hydrogens (tertiary/aromatic N) is 1. The Morgan fingerprint density at radius 1 is 1.42 bits per heavy atom. The lowest BCUT2D eigenvalue weighted by molar-refractivity contribution is -0.154. The number of amides is 1. The average molecular weight is 257 g/mol. The number of hydrogen-bond acceptors (Lipinski definition) is 2. The lowest BCUT2D eigenvalue weighted by Crippen LogP contribution is -2.64. The van der Waals surface area contributed by atoms with Crippen molar-refractivity contribution in [2.24, 2.45) is 5.92 Å². The third-order valence-corrected chi connectivity index (χ3v) is 4.04. The molecule has 0 spiro atoms. The van der Waals surface area contributed by atoms with Crippen LogP contribution in [0.25, 0.3) is 6.08 Å². The van der Waals surface area contributed by atoms with Gasteiger partial charge in [0.1, 0.15) is 5.60 Å². The molecule has 1 saturated carbocycles. The molecule has 1 N–H and O–H groups in total. The lowest BCUT2D eigenvalue weighted by Gasteiger charge is -2.46. The van der Waals surface area contributed by atoms with E-state index in [9.17, 15) is 9.90 Å². The van der Waals surface area contributed by atoms with E-state index in [1.807, 2.05) is 37.3 Å². The molecule has 1 aromatic rings. The van der Waals surface area contributed by atoms with E-state index >= 15 is 0 Å². The zero-order valence-electron chi connectivity index (χ0n) is 11.2. The number of benzene rings is 1. The summed E-state index contributed by atoms with van der Waals surface area (Å²) in [5, 5.41) is 10.2. The van der Waals surface area contributed by atoms with Gasteiger partial charge in [-0.2, -0.15) is 0 Å². The van der Waals surface area contributed by atoms with Gasteiger partial charge >= 0.3 is 0 Å². The number of aryl methyl sites for hydroxylation is 1. The molecule has 3 nitrogen and oxygen atoms in total. The summed E-state index contributed by atoms with van der Waals surface area (Å²) in [5.41, 5.74) is 1.63. The first-order valence-electron chi connectivity index (χ1n) is 6.83. The van der Waals surface area contributed by atoms with Gasteiger partial charge in [0, 0.05) is 6.08 Å². The van der Waals surface area contributed by atoms with E-state index in [4.69, 9.17) is 0 Å². The van der Waals surface area contributed by atoms with Crippen molar-refractivity contribution in [1.82, 2.24) is 4.90 Å². The molecule has 0 unspecified atom stereocenters. The molecule has 2 aliphatic rings. The molecule has 2 fully saturated rings. The summed E-state index contributed by atoms with van der Waals surface area (Å²) >= 11 is 0. The van der Waals surface area contributed by atoms with Crippen molar-refractivity contribution in [3.8, 4) is 0 Å². The Morgan fingerprint density at radius 3 is 2.79 bits per heavy atom. The maximum atomic E-state index is 11.9. The molecule has 0 radical (unpaired) electrons. The largest absolute Gasteiger partial charge is 0.386 e. The minimum Gasteiger partial charge on any atom is -0.386 e. The van der Waals surface area contributed by atoms with E-state index in [2.05, 4.69) is 0 Å². The van der Waals surface area contributed by atoms with Gasteiger partial charge in [0.15, 0.2) is 0 Å². The zero-order chi connectivity index (χ0) is 13.5. The molecule has 3 heteroatoms. The number of carbonyl (C=O) groups is 1. The van der Waals surface area contributed by atoms with Gasteiger partial charge in [-0.3, -0.25) is 4.79 Å². The van der Waals surface area contributed by atoms with Crippen molar-refractivity contribution >= 4 is 12.0 Å². The first kappa shape index (κ1) is 12.4. The molecular weight excluding hydrogens is 238 g/mol. The maximum Gasteiger partial charge on any atom is 0.246 e. The third-order valence-electron chi connectivity index (χ3n) is 4.04. The van der Waals surface area contributed by atoms with Crippen LogP contribution in [0, 0.1) is 12.8 Å². The Bertz CT molecular complexity index is 525. The van der Waals surface area contributed by atoms with E-state index in [0.29, 0.717) is 19.0 Å². The Labute approximate surface area is 113 Å². The van der Waals surface area contributed by atoms with E-state index in [1.54, 1.807) is 11.0 Å². The van der Waals surface area contributed by atoms with Gasteiger partial charge in [-0.1, -0.05) is 29.8 Å². The highest BCUT2D eigenvalue weighted by atomic mass is 16.3. The third kappa shape index (κ3) is 2.56. The second-order valence-electron chi connectivity index (χ2n) is 5.82. The van der Waals surface area contributed by atoms with Gasteiger partial charge in [-0.15, -0.1) is 0 Å². The summed E-state index contributed by atoms with van der Waals surface area (Å²) in [7, 11) is 0. The van der Waals surface area contributed by atoms with Crippen LogP contribution in [0.3, 0.4) is 0 Å². The number of hydrogen-bond donors (Lipinski definition) is 1. The van der Waals surface area contributed by atoms with Crippen molar-refractivity contribution < 1.29 is 9.90 Å². The molecule has 0 bridgehead atoms. The smallest absolute Gasteiger partial charge is 0.246 e. The second-order valence-corrected chi connectivity index (χ2v) is 5.82. The quantitative estimate of drug-likeness (QED) is 0.841. The Morgan fingerprint density at radius 2 is 2.16 bits per heavy atom. The van der Waals surface area contributed by atoms with E-state index in [-0.39, 0.29) is 5.91 Å². The molecule has 1 aliphatic heterocycles. The molecule has 1 aromatic carbocycles. The normalized spacial score (nSPS) is 21.5. The molecule has 1 aliphatic carbocycles. The molecule has 3 rings (SSSR count). The molecule has 0 atom stereocenters. The van der Waals surface area contributed by atoms with Crippen LogP contribution < -0.4 is 0 Å². The molecule has 1 saturated heterocycles. The van der Waals surface area contributed by atoms with Gasteiger partial charge < -0.3 is 10.0 Å². The van der Waals surface area contributed by atoms with Crippen molar-refractivity contribution in [1.29, 1.82) is 0 Å². The predicted molar refractivity (Wildman–Crippen MR) is 74.5 cm³/mol. The Balaban J connectivity index is 1.57. The van der Waals surface area contributed by atoms with Crippen molar-refractivity contribution in [2.45, 2.75) is 25.4 Å². The maximum absolute atomic E-state index is 11.9.